The Balaban J connectivity index is 3.06. The molecule has 0 saturated heterocycles. The van der Waals surface area contributed by atoms with Crippen molar-refractivity contribution in [3.63, 3.8) is 0 Å². The van der Waals surface area contributed by atoms with Gasteiger partial charge in [-0.2, -0.15) is 0 Å². The molecule has 1 rings (SSSR count). The molecule has 0 aromatic heterocycles. The Kier molecular flexibility index (Phi) is 3.11. The van der Waals surface area contributed by atoms with E-state index < -0.39 is 23.6 Å². The molecule has 0 aliphatic carbocycles. The molecule has 0 radical (unpaired) electrons. The van der Waals surface area contributed by atoms with E-state index in [0.717, 1.165) is 12.1 Å². The van der Waals surface area contributed by atoms with Gasteiger partial charge in [-0.25, -0.2) is 13.2 Å². The van der Waals surface area contributed by atoms with Crippen LogP contribution in [-0.2, 0) is 0 Å². The second kappa shape index (κ2) is 4.13. The SMILES string of the molecule is COc1ccc(C(=O)C(F)F)c(F)c1. The van der Waals surface area contributed by atoms with Gasteiger partial charge in [-0.15, -0.1) is 0 Å². The van der Waals surface area contributed by atoms with Gasteiger partial charge in [0.2, 0.25) is 5.78 Å². The van der Waals surface area contributed by atoms with E-state index in [4.69, 9.17) is 0 Å². The van der Waals surface area contributed by atoms with Gasteiger partial charge in [-0.1, -0.05) is 0 Å². The zero-order chi connectivity index (χ0) is 10.7. The van der Waals surface area contributed by atoms with Gasteiger partial charge in [0, 0.05) is 6.07 Å². The van der Waals surface area contributed by atoms with Crippen molar-refractivity contribution in [2.45, 2.75) is 6.43 Å². The van der Waals surface area contributed by atoms with Crippen LogP contribution in [0.25, 0.3) is 0 Å². The smallest absolute Gasteiger partial charge is 0.300 e. The molecule has 0 aliphatic heterocycles. The predicted octanol–water partition coefficient (Wildman–Crippen LogP) is 2.28. The van der Waals surface area contributed by atoms with Gasteiger partial charge in [0.05, 0.1) is 12.7 Å². The Hall–Kier alpha value is -1.52. The van der Waals surface area contributed by atoms with E-state index in [9.17, 15) is 18.0 Å². The van der Waals surface area contributed by atoms with E-state index in [-0.39, 0.29) is 5.75 Å². The zero-order valence-electron chi connectivity index (χ0n) is 7.26. The Labute approximate surface area is 78.3 Å². The van der Waals surface area contributed by atoms with E-state index in [0.29, 0.717) is 0 Å². The third-order valence-electron chi connectivity index (χ3n) is 1.64. The van der Waals surface area contributed by atoms with Crippen LogP contribution in [0, 0.1) is 5.82 Å². The number of halogens is 3. The summed E-state index contributed by atoms with van der Waals surface area (Å²) in [5.74, 6) is -2.35. The number of carbonyl (C=O) groups is 1. The van der Waals surface area contributed by atoms with Crippen molar-refractivity contribution in [3.05, 3.63) is 29.6 Å². The number of rotatable bonds is 3. The lowest BCUT2D eigenvalue weighted by molar-refractivity contribution is 0.0674. The van der Waals surface area contributed by atoms with Gasteiger partial charge in [0.15, 0.2) is 0 Å². The van der Waals surface area contributed by atoms with Gasteiger partial charge in [-0.3, -0.25) is 4.79 Å². The van der Waals surface area contributed by atoms with E-state index in [2.05, 4.69) is 4.74 Å². The predicted molar refractivity (Wildman–Crippen MR) is 43.3 cm³/mol. The van der Waals surface area contributed by atoms with E-state index in [1.165, 1.54) is 13.2 Å². The number of carbonyl (C=O) groups excluding carboxylic acids is 1. The maximum atomic E-state index is 13.0. The van der Waals surface area contributed by atoms with Gasteiger partial charge < -0.3 is 4.74 Å². The minimum atomic E-state index is -3.20. The highest BCUT2D eigenvalue weighted by Crippen LogP contribution is 2.18. The van der Waals surface area contributed by atoms with Crippen molar-refractivity contribution >= 4 is 5.78 Å². The van der Waals surface area contributed by atoms with Crippen molar-refractivity contribution in [1.82, 2.24) is 0 Å². The van der Waals surface area contributed by atoms with Crippen LogP contribution in [0.1, 0.15) is 10.4 Å². The molecular weight excluding hydrogens is 197 g/mol. The molecule has 14 heavy (non-hydrogen) atoms. The van der Waals surface area contributed by atoms with Gasteiger partial charge in [0.1, 0.15) is 11.6 Å². The first-order valence-electron chi connectivity index (χ1n) is 3.72. The fraction of sp³-hybridized carbons (Fsp3) is 0.222. The highest BCUT2D eigenvalue weighted by molar-refractivity contribution is 5.98. The fourth-order valence-electron chi connectivity index (χ4n) is 0.940. The highest BCUT2D eigenvalue weighted by Gasteiger charge is 2.21. The molecule has 1 aromatic carbocycles. The third kappa shape index (κ3) is 2.04. The summed E-state index contributed by atoms with van der Waals surface area (Å²) in [4.78, 5) is 10.7. The minimum Gasteiger partial charge on any atom is -0.497 e. The van der Waals surface area contributed by atoms with Crippen LogP contribution >= 0.6 is 0 Å². The molecule has 0 bridgehead atoms. The summed E-state index contributed by atoms with van der Waals surface area (Å²) in [6.45, 7) is 0. The lowest BCUT2D eigenvalue weighted by Crippen LogP contribution is -2.12. The van der Waals surface area contributed by atoms with Crippen LogP contribution < -0.4 is 4.74 Å². The molecule has 0 heterocycles. The highest BCUT2D eigenvalue weighted by atomic mass is 19.3. The van der Waals surface area contributed by atoms with E-state index in [1.54, 1.807) is 0 Å². The number of methoxy groups -OCH3 is 1. The molecule has 0 N–H and O–H groups in total. The largest absolute Gasteiger partial charge is 0.497 e. The van der Waals surface area contributed by atoms with Gasteiger partial charge >= 0.3 is 6.43 Å². The van der Waals surface area contributed by atoms with Crippen molar-refractivity contribution in [2.75, 3.05) is 7.11 Å². The number of alkyl halides is 2. The van der Waals surface area contributed by atoms with Crippen LogP contribution in [0.2, 0.25) is 0 Å². The Morgan fingerprint density at radius 2 is 2.07 bits per heavy atom. The minimum absolute atomic E-state index is 0.174. The summed E-state index contributed by atoms with van der Waals surface area (Å²) in [5.41, 5.74) is -0.624. The Bertz CT molecular complexity index is 350. The summed E-state index contributed by atoms with van der Waals surface area (Å²) in [6, 6.07) is 3.11. The molecule has 0 unspecified atom stereocenters. The molecule has 76 valence electrons. The number of ketones is 1. The Morgan fingerprint density at radius 3 is 2.50 bits per heavy atom. The molecule has 0 atom stereocenters. The maximum absolute atomic E-state index is 13.0. The summed E-state index contributed by atoms with van der Waals surface area (Å²) in [5, 5.41) is 0. The average Bonchev–Trinajstić information content (AvgIpc) is 2.16. The maximum Gasteiger partial charge on any atom is 0.300 e. The average molecular weight is 204 g/mol. The molecule has 5 heteroatoms. The lowest BCUT2D eigenvalue weighted by Gasteiger charge is -2.03. The van der Waals surface area contributed by atoms with Crippen molar-refractivity contribution in [1.29, 1.82) is 0 Å². The van der Waals surface area contributed by atoms with Gasteiger partial charge in [0.25, 0.3) is 0 Å². The number of Topliss-reactive ketones (excluding diaryl/α,β-unsaturated/α-hetero) is 1. The van der Waals surface area contributed by atoms with Crippen LogP contribution in [0.15, 0.2) is 18.2 Å². The first-order valence-corrected chi connectivity index (χ1v) is 3.72. The molecule has 0 saturated carbocycles. The topological polar surface area (TPSA) is 26.3 Å². The molecule has 1 aromatic rings. The lowest BCUT2D eigenvalue weighted by atomic mass is 10.1. The molecule has 0 amide bonds. The van der Waals surface area contributed by atoms with Crippen LogP contribution in [0.4, 0.5) is 13.2 Å². The third-order valence-corrected chi connectivity index (χ3v) is 1.64. The molecule has 2 nitrogen and oxygen atoms in total. The van der Waals surface area contributed by atoms with Crippen LogP contribution in [0.5, 0.6) is 5.75 Å². The van der Waals surface area contributed by atoms with Crippen molar-refractivity contribution in [2.24, 2.45) is 0 Å². The second-order valence-corrected chi connectivity index (χ2v) is 2.51. The summed E-state index contributed by atoms with van der Waals surface area (Å²) in [6.07, 6.45) is -3.20. The van der Waals surface area contributed by atoms with Crippen molar-refractivity contribution < 1.29 is 22.7 Å². The monoisotopic (exact) mass is 204 g/mol. The first-order chi connectivity index (χ1) is 6.56. The Morgan fingerprint density at radius 1 is 1.43 bits per heavy atom. The number of hydrogen-bond donors (Lipinski definition) is 0. The summed E-state index contributed by atoms with van der Waals surface area (Å²) < 4.78 is 41.5. The molecule has 0 aliphatic rings. The van der Waals surface area contributed by atoms with Gasteiger partial charge in [-0.05, 0) is 12.1 Å². The molecular formula is C9H7F3O2. The zero-order valence-corrected chi connectivity index (χ0v) is 7.26. The van der Waals surface area contributed by atoms with E-state index in [1.807, 2.05) is 0 Å². The summed E-state index contributed by atoms with van der Waals surface area (Å²) in [7, 11) is 1.31. The molecule has 0 fully saturated rings. The fourth-order valence-corrected chi connectivity index (χ4v) is 0.940. The molecule has 0 spiro atoms. The van der Waals surface area contributed by atoms with E-state index >= 15 is 0 Å². The number of hydrogen-bond acceptors (Lipinski definition) is 2. The first kappa shape index (κ1) is 10.6. The van der Waals surface area contributed by atoms with Crippen LogP contribution in [0.3, 0.4) is 0 Å². The van der Waals surface area contributed by atoms with Crippen LogP contribution in [-0.4, -0.2) is 19.3 Å². The number of benzene rings is 1. The standard InChI is InChI=1S/C9H7F3O2/c1-14-5-2-3-6(7(10)4-5)8(13)9(11)12/h2-4,9H,1H3. The quantitative estimate of drug-likeness (QED) is 0.706. The number of ether oxygens (including phenoxy) is 1. The second-order valence-electron chi connectivity index (χ2n) is 2.51. The normalized spacial score (nSPS) is 10.4. The van der Waals surface area contributed by atoms with Crippen molar-refractivity contribution in [3.8, 4) is 5.75 Å². The summed E-state index contributed by atoms with van der Waals surface area (Å²) >= 11 is 0.